The minimum absolute atomic E-state index is 0.576. The van der Waals surface area contributed by atoms with Gasteiger partial charge in [0.05, 0.1) is 106 Å². The van der Waals surface area contributed by atoms with Gasteiger partial charge in [-0.15, -0.1) is 0 Å². The summed E-state index contributed by atoms with van der Waals surface area (Å²) in [7, 11) is 0. The summed E-state index contributed by atoms with van der Waals surface area (Å²) in [6.45, 7) is 19.2. The highest BCUT2D eigenvalue weighted by atomic mass is 16.5. The van der Waals surface area contributed by atoms with Crippen LogP contribution < -0.4 is 22.9 Å². The molecule has 2 saturated heterocycles. The number of hydrogen-bond acceptors (Lipinski definition) is 16. The number of nitrogen functional groups attached to an aromatic ring is 4. The topological polar surface area (TPSA) is 191 Å². The molecule has 16 nitrogen and oxygen atoms in total. The Balaban J connectivity index is 0.000000254. The minimum atomic E-state index is 0.576. The van der Waals surface area contributed by atoms with Gasteiger partial charge in [0, 0.05) is 101 Å². The summed E-state index contributed by atoms with van der Waals surface area (Å²) in [5.74, 6) is 0. The number of hydrogen-bond donors (Lipinski definition) is 4. The third kappa shape index (κ3) is 22.8. The molecule has 6 rings (SSSR count). The van der Waals surface area contributed by atoms with E-state index in [1.165, 1.54) is 0 Å². The standard InChI is InChI=1S/2C26H40N4O4/c2*27-25-7-3-1-5-23(25)21-29-9-13-31-17-19-33-15-11-30(12-16-34-20-18-32-14-10-29)22-24-6-2-4-8-26(24)28/h2*1-8H,9-22,27-28H2. The summed E-state index contributed by atoms with van der Waals surface area (Å²) in [4.78, 5) is 9.24. The number of rotatable bonds is 8. The van der Waals surface area contributed by atoms with Crippen LogP contribution in [0, 0.1) is 0 Å². The summed E-state index contributed by atoms with van der Waals surface area (Å²) >= 11 is 0. The van der Waals surface area contributed by atoms with E-state index in [4.69, 9.17) is 60.8 Å². The molecule has 0 spiro atoms. The molecule has 0 atom stereocenters. The summed E-state index contributed by atoms with van der Waals surface area (Å²) in [6, 6.07) is 31.9. The first-order valence-electron chi connectivity index (χ1n) is 24.3. The van der Waals surface area contributed by atoms with Gasteiger partial charge in [-0.05, 0) is 46.5 Å². The maximum Gasteiger partial charge on any atom is 0.0701 e. The Labute approximate surface area is 405 Å². The van der Waals surface area contributed by atoms with Crippen molar-refractivity contribution in [2.24, 2.45) is 0 Å². The van der Waals surface area contributed by atoms with Crippen LogP contribution in [0.3, 0.4) is 0 Å². The van der Waals surface area contributed by atoms with Gasteiger partial charge in [0.1, 0.15) is 0 Å². The second-order valence-electron chi connectivity index (χ2n) is 16.8. The molecule has 4 aromatic carbocycles. The lowest BCUT2D eigenvalue weighted by atomic mass is 10.1. The summed E-state index contributed by atoms with van der Waals surface area (Å²) in [5, 5.41) is 0. The number of ether oxygens (including phenoxy) is 8. The Morgan fingerprint density at radius 3 is 0.574 bits per heavy atom. The van der Waals surface area contributed by atoms with Crippen LogP contribution >= 0.6 is 0 Å². The summed E-state index contributed by atoms with van der Waals surface area (Å²) < 4.78 is 46.6. The van der Waals surface area contributed by atoms with Gasteiger partial charge < -0.3 is 60.8 Å². The van der Waals surface area contributed by atoms with Gasteiger partial charge in [-0.1, -0.05) is 72.8 Å². The van der Waals surface area contributed by atoms with Crippen LogP contribution in [-0.4, -0.2) is 178 Å². The molecule has 68 heavy (non-hydrogen) atoms. The molecule has 0 amide bonds. The maximum absolute atomic E-state index is 6.14. The molecule has 2 aliphatic rings. The van der Waals surface area contributed by atoms with Crippen LogP contribution in [0.15, 0.2) is 97.1 Å². The van der Waals surface area contributed by atoms with Crippen molar-refractivity contribution in [3.05, 3.63) is 119 Å². The number of para-hydroxylation sites is 4. The lowest BCUT2D eigenvalue weighted by Crippen LogP contribution is -2.33. The maximum atomic E-state index is 6.14. The average molecular weight is 945 g/mol. The molecule has 0 radical (unpaired) electrons. The fraction of sp³-hybridized carbons (Fsp3) is 0.538. The van der Waals surface area contributed by atoms with Crippen molar-refractivity contribution in [2.75, 3.05) is 181 Å². The van der Waals surface area contributed by atoms with Crippen LogP contribution in [-0.2, 0) is 64.1 Å². The number of nitrogens with two attached hydrogens (primary N) is 4. The van der Waals surface area contributed by atoms with Gasteiger partial charge in [-0.3, -0.25) is 19.6 Å². The van der Waals surface area contributed by atoms with E-state index in [0.717, 1.165) is 124 Å². The van der Waals surface area contributed by atoms with Crippen molar-refractivity contribution in [1.82, 2.24) is 19.6 Å². The Kier molecular flexibility index (Phi) is 27.3. The van der Waals surface area contributed by atoms with E-state index in [-0.39, 0.29) is 0 Å². The third-order valence-corrected chi connectivity index (χ3v) is 11.7. The monoisotopic (exact) mass is 945 g/mol. The van der Waals surface area contributed by atoms with Gasteiger partial charge in [-0.25, -0.2) is 0 Å². The van der Waals surface area contributed by atoms with Gasteiger partial charge in [-0.2, -0.15) is 0 Å². The Morgan fingerprint density at radius 2 is 0.412 bits per heavy atom. The van der Waals surface area contributed by atoms with E-state index >= 15 is 0 Å². The second kappa shape index (κ2) is 34.0. The first-order chi connectivity index (χ1) is 33.4. The molecule has 2 heterocycles. The Morgan fingerprint density at radius 1 is 0.250 bits per heavy atom. The van der Waals surface area contributed by atoms with Crippen LogP contribution in [0.2, 0.25) is 0 Å². The van der Waals surface area contributed by atoms with Crippen molar-refractivity contribution in [3.8, 4) is 0 Å². The Bertz CT molecular complexity index is 1610. The van der Waals surface area contributed by atoms with Crippen LogP contribution in [0.1, 0.15) is 22.3 Å². The van der Waals surface area contributed by atoms with Gasteiger partial charge >= 0.3 is 0 Å². The van der Waals surface area contributed by atoms with Crippen LogP contribution in [0.5, 0.6) is 0 Å². The molecule has 16 heteroatoms. The molecule has 0 aromatic heterocycles. The largest absolute Gasteiger partial charge is 0.398 e. The average Bonchev–Trinajstić information content (AvgIpc) is 3.34. The zero-order valence-electron chi connectivity index (χ0n) is 40.4. The second-order valence-corrected chi connectivity index (χ2v) is 16.8. The third-order valence-electron chi connectivity index (χ3n) is 11.7. The predicted molar refractivity (Wildman–Crippen MR) is 271 cm³/mol. The first-order valence-corrected chi connectivity index (χ1v) is 24.3. The van der Waals surface area contributed by atoms with Gasteiger partial charge in [0.25, 0.3) is 0 Å². The van der Waals surface area contributed by atoms with Gasteiger partial charge in [0.15, 0.2) is 0 Å². The number of nitrogens with zero attached hydrogens (tertiary/aromatic N) is 4. The molecule has 0 aliphatic carbocycles. The first kappa shape index (κ1) is 54.5. The number of benzene rings is 4. The van der Waals surface area contributed by atoms with Crippen molar-refractivity contribution in [1.29, 1.82) is 0 Å². The van der Waals surface area contributed by atoms with Crippen molar-refractivity contribution < 1.29 is 37.9 Å². The normalized spacial score (nSPS) is 19.3. The zero-order chi connectivity index (χ0) is 47.7. The molecule has 0 bridgehead atoms. The molecular weight excluding hydrogens is 865 g/mol. The molecule has 376 valence electrons. The highest BCUT2D eigenvalue weighted by Crippen LogP contribution is 2.17. The minimum Gasteiger partial charge on any atom is -0.398 e. The molecular formula is C52H80N8O8. The fourth-order valence-corrected chi connectivity index (χ4v) is 7.59. The lowest BCUT2D eigenvalue weighted by molar-refractivity contribution is 0.00628. The SMILES string of the molecule is Nc1ccccc1CN1CCOCCOCCN(Cc2ccccc2N)CCOCCOCC1.Nc1ccccc1CN1CCOCCOCCN(Cc2ccccc2N)CCOCCOCC1. The Hall–Kier alpha value is -4.40. The zero-order valence-corrected chi connectivity index (χ0v) is 40.4. The van der Waals surface area contributed by atoms with E-state index in [2.05, 4.69) is 43.9 Å². The van der Waals surface area contributed by atoms with E-state index < -0.39 is 0 Å². The lowest BCUT2D eigenvalue weighted by Gasteiger charge is -2.24. The molecule has 0 unspecified atom stereocenters. The van der Waals surface area contributed by atoms with E-state index in [0.29, 0.717) is 106 Å². The highest BCUT2D eigenvalue weighted by molar-refractivity contribution is 5.48. The molecule has 2 aliphatic heterocycles. The predicted octanol–water partition coefficient (Wildman–Crippen LogP) is 4.47. The highest BCUT2D eigenvalue weighted by Gasteiger charge is 2.13. The molecule has 2 fully saturated rings. The fourth-order valence-electron chi connectivity index (χ4n) is 7.59. The van der Waals surface area contributed by atoms with Crippen molar-refractivity contribution in [2.45, 2.75) is 26.2 Å². The van der Waals surface area contributed by atoms with Gasteiger partial charge in [0.2, 0.25) is 0 Å². The van der Waals surface area contributed by atoms with Crippen molar-refractivity contribution >= 4 is 22.7 Å². The molecule has 8 N–H and O–H groups in total. The van der Waals surface area contributed by atoms with Crippen LogP contribution in [0.25, 0.3) is 0 Å². The van der Waals surface area contributed by atoms with E-state index in [9.17, 15) is 0 Å². The number of anilines is 4. The quantitative estimate of drug-likeness (QED) is 0.181. The van der Waals surface area contributed by atoms with Crippen molar-refractivity contribution in [3.63, 3.8) is 0 Å². The van der Waals surface area contributed by atoms with E-state index in [1.807, 2.05) is 72.8 Å². The van der Waals surface area contributed by atoms with E-state index in [1.54, 1.807) is 0 Å². The summed E-state index contributed by atoms with van der Waals surface area (Å²) in [6.07, 6.45) is 0. The molecule has 0 saturated carbocycles. The summed E-state index contributed by atoms with van der Waals surface area (Å²) in [5.41, 5.74) is 32.3. The molecule has 4 aromatic rings. The smallest absolute Gasteiger partial charge is 0.0701 e. The van der Waals surface area contributed by atoms with Crippen LogP contribution in [0.4, 0.5) is 22.7 Å².